The van der Waals surface area contributed by atoms with Crippen LogP contribution in [-0.2, 0) is 4.79 Å². The zero-order valence-electron chi connectivity index (χ0n) is 13.6. The van der Waals surface area contributed by atoms with E-state index in [-0.39, 0.29) is 11.3 Å². The number of carbonyl (C=O) groups is 1. The van der Waals surface area contributed by atoms with E-state index >= 15 is 0 Å². The maximum atomic E-state index is 12.3. The molecule has 1 aromatic rings. The standard InChI is InChI=1S/C15H25N5O/c1-15(2,3)14(21)20-10-8-19(9-11-20)13-7-6-12(16-17-13)18(4)5/h6-7H,8-11H2,1-5H3. The highest BCUT2D eigenvalue weighted by molar-refractivity contribution is 5.81. The zero-order valence-corrected chi connectivity index (χ0v) is 13.6. The van der Waals surface area contributed by atoms with Gasteiger partial charge in [-0.3, -0.25) is 4.79 Å². The van der Waals surface area contributed by atoms with Gasteiger partial charge in [0.05, 0.1) is 0 Å². The van der Waals surface area contributed by atoms with Gasteiger partial charge in [0.1, 0.15) is 0 Å². The van der Waals surface area contributed by atoms with Crippen molar-refractivity contribution in [1.82, 2.24) is 15.1 Å². The van der Waals surface area contributed by atoms with Crippen molar-refractivity contribution < 1.29 is 4.79 Å². The molecule has 6 nitrogen and oxygen atoms in total. The van der Waals surface area contributed by atoms with Crippen LogP contribution in [-0.4, -0.2) is 61.3 Å². The minimum Gasteiger partial charge on any atom is -0.361 e. The molecule has 0 saturated carbocycles. The van der Waals surface area contributed by atoms with Crippen LogP contribution in [0.5, 0.6) is 0 Å². The van der Waals surface area contributed by atoms with Crippen LogP contribution in [0.1, 0.15) is 20.8 Å². The second kappa shape index (κ2) is 5.87. The van der Waals surface area contributed by atoms with Crippen LogP contribution in [0.15, 0.2) is 12.1 Å². The zero-order chi connectivity index (χ0) is 15.6. The predicted octanol–water partition coefficient (Wildman–Crippen LogP) is 1.24. The van der Waals surface area contributed by atoms with Gasteiger partial charge in [-0.15, -0.1) is 10.2 Å². The number of carbonyl (C=O) groups excluding carboxylic acids is 1. The lowest BCUT2D eigenvalue weighted by atomic mass is 9.94. The Bertz CT molecular complexity index is 484. The van der Waals surface area contributed by atoms with E-state index in [1.54, 1.807) is 0 Å². The molecule has 0 N–H and O–H groups in total. The number of nitrogens with zero attached hydrogens (tertiary/aromatic N) is 5. The Morgan fingerprint density at radius 2 is 1.71 bits per heavy atom. The quantitative estimate of drug-likeness (QED) is 0.820. The van der Waals surface area contributed by atoms with E-state index in [4.69, 9.17) is 0 Å². The first-order chi connectivity index (χ1) is 9.79. The Kier molecular flexibility index (Phi) is 4.34. The summed E-state index contributed by atoms with van der Waals surface area (Å²) < 4.78 is 0. The lowest BCUT2D eigenvalue weighted by Gasteiger charge is -2.38. The number of hydrogen-bond acceptors (Lipinski definition) is 5. The van der Waals surface area contributed by atoms with Gasteiger partial charge in [-0.25, -0.2) is 0 Å². The van der Waals surface area contributed by atoms with Crippen LogP contribution in [0.2, 0.25) is 0 Å². The number of rotatable bonds is 2. The first-order valence-corrected chi connectivity index (χ1v) is 7.34. The third kappa shape index (κ3) is 3.62. The van der Waals surface area contributed by atoms with Crippen molar-refractivity contribution in [2.45, 2.75) is 20.8 Å². The molecule has 0 aromatic carbocycles. The smallest absolute Gasteiger partial charge is 0.228 e. The van der Waals surface area contributed by atoms with Crippen LogP contribution >= 0.6 is 0 Å². The Morgan fingerprint density at radius 3 is 2.14 bits per heavy atom. The Morgan fingerprint density at radius 1 is 1.10 bits per heavy atom. The summed E-state index contributed by atoms with van der Waals surface area (Å²) in [7, 11) is 3.89. The Labute approximate surface area is 126 Å². The van der Waals surface area contributed by atoms with E-state index in [0.717, 1.165) is 37.8 Å². The van der Waals surface area contributed by atoms with E-state index < -0.39 is 0 Å². The highest BCUT2D eigenvalue weighted by atomic mass is 16.2. The summed E-state index contributed by atoms with van der Waals surface area (Å²) in [5.74, 6) is 1.94. The summed E-state index contributed by atoms with van der Waals surface area (Å²) in [6.07, 6.45) is 0. The third-order valence-corrected chi connectivity index (χ3v) is 3.63. The molecule has 1 aliphatic heterocycles. The van der Waals surface area contributed by atoms with Gasteiger partial charge in [0, 0.05) is 45.7 Å². The molecule has 116 valence electrons. The highest BCUT2D eigenvalue weighted by Gasteiger charge is 2.29. The molecule has 21 heavy (non-hydrogen) atoms. The van der Waals surface area contributed by atoms with Crippen LogP contribution in [0.4, 0.5) is 11.6 Å². The van der Waals surface area contributed by atoms with Crippen LogP contribution in [0, 0.1) is 5.41 Å². The normalized spacial score (nSPS) is 16.0. The lowest BCUT2D eigenvalue weighted by molar-refractivity contribution is -0.139. The summed E-state index contributed by atoms with van der Waals surface area (Å²) in [5, 5.41) is 8.47. The molecule has 1 amide bonds. The number of amides is 1. The minimum atomic E-state index is -0.310. The van der Waals surface area contributed by atoms with Gasteiger partial charge in [0.2, 0.25) is 5.91 Å². The SMILES string of the molecule is CN(C)c1ccc(N2CCN(C(=O)C(C)(C)C)CC2)nn1. The molecule has 0 bridgehead atoms. The molecule has 6 heteroatoms. The molecule has 0 aliphatic carbocycles. The fraction of sp³-hybridized carbons (Fsp3) is 0.667. The summed E-state index contributed by atoms with van der Waals surface area (Å²) in [6, 6.07) is 3.96. The van der Waals surface area contributed by atoms with Crippen LogP contribution in [0.3, 0.4) is 0 Å². The van der Waals surface area contributed by atoms with Gasteiger partial charge in [-0.05, 0) is 12.1 Å². The molecule has 1 fully saturated rings. The summed E-state index contributed by atoms with van der Waals surface area (Å²) >= 11 is 0. The van der Waals surface area contributed by atoms with Crippen LogP contribution < -0.4 is 9.80 Å². The first kappa shape index (κ1) is 15.5. The maximum Gasteiger partial charge on any atom is 0.228 e. The van der Waals surface area contributed by atoms with Gasteiger partial charge >= 0.3 is 0 Å². The number of aromatic nitrogens is 2. The molecule has 1 aliphatic rings. The Balaban J connectivity index is 1.96. The topological polar surface area (TPSA) is 52.6 Å². The van der Waals surface area contributed by atoms with Crippen molar-refractivity contribution in [3.05, 3.63) is 12.1 Å². The second-order valence-corrected chi connectivity index (χ2v) is 6.67. The van der Waals surface area contributed by atoms with E-state index in [9.17, 15) is 4.79 Å². The van der Waals surface area contributed by atoms with Crippen molar-refractivity contribution >= 4 is 17.5 Å². The molecular weight excluding hydrogens is 266 g/mol. The predicted molar refractivity (Wildman–Crippen MR) is 84.6 cm³/mol. The fourth-order valence-corrected chi connectivity index (χ4v) is 2.34. The van der Waals surface area contributed by atoms with E-state index in [0.29, 0.717) is 0 Å². The number of piperazine rings is 1. The molecular formula is C15H25N5O. The maximum absolute atomic E-state index is 12.3. The average Bonchev–Trinajstić information content (AvgIpc) is 2.46. The van der Waals surface area contributed by atoms with Gasteiger partial charge in [-0.2, -0.15) is 0 Å². The van der Waals surface area contributed by atoms with Crippen molar-refractivity contribution in [3.63, 3.8) is 0 Å². The van der Waals surface area contributed by atoms with E-state index in [1.165, 1.54) is 0 Å². The van der Waals surface area contributed by atoms with Gasteiger partial charge in [0.15, 0.2) is 11.6 Å². The largest absolute Gasteiger partial charge is 0.361 e. The second-order valence-electron chi connectivity index (χ2n) is 6.67. The van der Waals surface area contributed by atoms with Crippen LogP contribution in [0.25, 0.3) is 0 Å². The monoisotopic (exact) mass is 291 g/mol. The van der Waals surface area contributed by atoms with Crippen molar-refractivity contribution in [3.8, 4) is 0 Å². The first-order valence-electron chi connectivity index (χ1n) is 7.34. The summed E-state index contributed by atoms with van der Waals surface area (Å²) in [6.45, 7) is 8.99. The van der Waals surface area contributed by atoms with Crippen molar-refractivity contribution in [2.75, 3.05) is 50.1 Å². The average molecular weight is 291 g/mol. The van der Waals surface area contributed by atoms with E-state index in [2.05, 4.69) is 15.1 Å². The summed E-state index contributed by atoms with van der Waals surface area (Å²) in [5.41, 5.74) is -0.310. The molecule has 0 unspecified atom stereocenters. The molecule has 0 atom stereocenters. The van der Waals surface area contributed by atoms with E-state index in [1.807, 2.05) is 56.8 Å². The van der Waals surface area contributed by atoms with Gasteiger partial charge in [0.25, 0.3) is 0 Å². The summed E-state index contributed by atoms with van der Waals surface area (Å²) in [4.78, 5) is 18.3. The van der Waals surface area contributed by atoms with Gasteiger partial charge in [-0.1, -0.05) is 20.8 Å². The number of hydrogen-bond donors (Lipinski definition) is 0. The minimum absolute atomic E-state index is 0.219. The number of anilines is 2. The van der Waals surface area contributed by atoms with Gasteiger partial charge < -0.3 is 14.7 Å². The fourth-order valence-electron chi connectivity index (χ4n) is 2.34. The molecule has 2 rings (SSSR count). The third-order valence-electron chi connectivity index (χ3n) is 3.63. The van der Waals surface area contributed by atoms with Crippen molar-refractivity contribution in [2.24, 2.45) is 5.41 Å². The molecule has 0 radical (unpaired) electrons. The molecule has 2 heterocycles. The van der Waals surface area contributed by atoms with Crippen molar-refractivity contribution in [1.29, 1.82) is 0 Å². The molecule has 1 saturated heterocycles. The molecule has 0 spiro atoms. The lowest BCUT2D eigenvalue weighted by Crippen LogP contribution is -2.51. The Hall–Kier alpha value is -1.85. The molecule has 1 aromatic heterocycles. The highest BCUT2D eigenvalue weighted by Crippen LogP contribution is 2.20.